The van der Waals surface area contributed by atoms with Crippen molar-refractivity contribution in [2.45, 2.75) is 19.1 Å². The fourth-order valence-electron chi connectivity index (χ4n) is 2.49. The van der Waals surface area contributed by atoms with Gasteiger partial charge in [-0.25, -0.2) is 0 Å². The van der Waals surface area contributed by atoms with Crippen LogP contribution in [-0.4, -0.2) is 42.6 Å². The van der Waals surface area contributed by atoms with E-state index in [9.17, 15) is 4.79 Å². The lowest BCUT2D eigenvalue weighted by atomic mass is 10.1. The van der Waals surface area contributed by atoms with Crippen LogP contribution < -0.4 is 5.73 Å². The van der Waals surface area contributed by atoms with Gasteiger partial charge in [0.05, 0.1) is 18.3 Å². The Bertz CT molecular complexity index is 620. The first-order valence-corrected chi connectivity index (χ1v) is 6.79. The number of carbonyl (C=O) groups is 1. The zero-order chi connectivity index (χ0) is 14.1. The predicted octanol–water partition coefficient (Wildman–Crippen LogP) is 1.62. The summed E-state index contributed by atoms with van der Waals surface area (Å²) in [4.78, 5) is 14.4. The first kappa shape index (κ1) is 13.1. The van der Waals surface area contributed by atoms with Gasteiger partial charge in [-0.1, -0.05) is 18.2 Å². The molecule has 0 spiro atoms. The molecule has 1 aliphatic heterocycles. The van der Waals surface area contributed by atoms with E-state index in [0.29, 0.717) is 25.3 Å². The summed E-state index contributed by atoms with van der Waals surface area (Å²) in [5.41, 5.74) is 7.19. The third-order valence-corrected chi connectivity index (χ3v) is 3.68. The van der Waals surface area contributed by atoms with Gasteiger partial charge in [0.15, 0.2) is 0 Å². The lowest BCUT2D eigenvalue weighted by Gasteiger charge is -2.34. The summed E-state index contributed by atoms with van der Waals surface area (Å²) < 4.78 is 11.0. The van der Waals surface area contributed by atoms with E-state index in [0.717, 1.165) is 11.0 Å². The molecule has 1 fully saturated rings. The van der Waals surface area contributed by atoms with Gasteiger partial charge in [-0.2, -0.15) is 0 Å². The summed E-state index contributed by atoms with van der Waals surface area (Å²) in [6.07, 6.45) is 1.43. The van der Waals surface area contributed by atoms with Crippen molar-refractivity contribution in [3.05, 3.63) is 36.1 Å². The van der Waals surface area contributed by atoms with Crippen molar-refractivity contribution in [1.82, 2.24) is 4.90 Å². The topological polar surface area (TPSA) is 68.7 Å². The second kappa shape index (κ2) is 5.26. The summed E-state index contributed by atoms with van der Waals surface area (Å²) in [5, 5.41) is 0.848. The van der Waals surface area contributed by atoms with Crippen LogP contribution in [0.15, 0.2) is 34.9 Å². The van der Waals surface area contributed by atoms with Gasteiger partial charge < -0.3 is 19.8 Å². The molecule has 2 unspecified atom stereocenters. The summed E-state index contributed by atoms with van der Waals surface area (Å²) in [6.45, 7) is 3.52. The third kappa shape index (κ3) is 2.30. The van der Waals surface area contributed by atoms with Crippen molar-refractivity contribution in [2.24, 2.45) is 5.73 Å². The van der Waals surface area contributed by atoms with E-state index in [1.807, 2.05) is 31.2 Å². The molecule has 0 saturated carbocycles. The molecule has 2 heterocycles. The molecule has 1 aliphatic rings. The van der Waals surface area contributed by atoms with E-state index < -0.39 is 0 Å². The van der Waals surface area contributed by atoms with Crippen molar-refractivity contribution in [1.29, 1.82) is 0 Å². The molecule has 0 radical (unpaired) electrons. The third-order valence-electron chi connectivity index (χ3n) is 3.68. The van der Waals surface area contributed by atoms with E-state index in [4.69, 9.17) is 14.9 Å². The van der Waals surface area contributed by atoms with Crippen LogP contribution in [0.1, 0.15) is 17.3 Å². The largest absolute Gasteiger partial charge is 0.463 e. The monoisotopic (exact) mass is 274 g/mol. The fraction of sp³-hybridized carbons (Fsp3) is 0.400. The number of hydrogen-bond acceptors (Lipinski definition) is 4. The first-order chi connectivity index (χ1) is 9.66. The molecule has 1 saturated heterocycles. The Morgan fingerprint density at radius 2 is 2.25 bits per heavy atom. The number of benzene rings is 1. The molecule has 1 amide bonds. The lowest BCUT2D eigenvalue weighted by molar-refractivity contribution is -0.0299. The second-order valence-corrected chi connectivity index (χ2v) is 5.17. The van der Waals surface area contributed by atoms with Crippen molar-refractivity contribution < 1.29 is 13.9 Å². The number of furan rings is 1. The Morgan fingerprint density at radius 3 is 3.05 bits per heavy atom. The zero-order valence-electron chi connectivity index (χ0n) is 11.4. The van der Waals surface area contributed by atoms with Crippen LogP contribution in [-0.2, 0) is 4.74 Å². The maximum atomic E-state index is 12.6. The summed E-state index contributed by atoms with van der Waals surface area (Å²) >= 11 is 0. The SMILES string of the molecule is CC(N)C1CN(C(=O)c2coc3ccccc23)CCO1. The van der Waals surface area contributed by atoms with E-state index >= 15 is 0 Å². The number of para-hydroxylation sites is 1. The van der Waals surface area contributed by atoms with Gasteiger partial charge in [-0.3, -0.25) is 4.79 Å². The van der Waals surface area contributed by atoms with Crippen LogP contribution in [0, 0.1) is 0 Å². The molecule has 5 heteroatoms. The van der Waals surface area contributed by atoms with Crippen LogP contribution in [0.2, 0.25) is 0 Å². The van der Waals surface area contributed by atoms with Crippen LogP contribution in [0.25, 0.3) is 11.0 Å². The number of ether oxygens (including phenoxy) is 1. The number of nitrogens with two attached hydrogens (primary N) is 1. The van der Waals surface area contributed by atoms with Crippen LogP contribution >= 0.6 is 0 Å². The summed E-state index contributed by atoms with van der Waals surface area (Å²) in [7, 11) is 0. The minimum Gasteiger partial charge on any atom is -0.463 e. The molecule has 3 rings (SSSR count). The zero-order valence-corrected chi connectivity index (χ0v) is 11.4. The Kier molecular flexibility index (Phi) is 3.46. The maximum Gasteiger partial charge on any atom is 0.257 e. The molecule has 5 nitrogen and oxygen atoms in total. The van der Waals surface area contributed by atoms with E-state index in [1.54, 1.807) is 4.90 Å². The number of nitrogens with zero attached hydrogens (tertiary/aromatic N) is 1. The highest BCUT2D eigenvalue weighted by atomic mass is 16.5. The smallest absolute Gasteiger partial charge is 0.257 e. The Morgan fingerprint density at radius 1 is 1.45 bits per heavy atom. The number of hydrogen-bond donors (Lipinski definition) is 1. The molecule has 2 atom stereocenters. The van der Waals surface area contributed by atoms with Gasteiger partial charge in [0.2, 0.25) is 0 Å². The van der Waals surface area contributed by atoms with Gasteiger partial charge in [0.25, 0.3) is 5.91 Å². The quantitative estimate of drug-likeness (QED) is 0.903. The highest BCUT2D eigenvalue weighted by molar-refractivity contribution is 6.05. The molecule has 106 valence electrons. The molecule has 2 aromatic rings. The van der Waals surface area contributed by atoms with Gasteiger partial charge in [-0.15, -0.1) is 0 Å². The molecule has 1 aromatic heterocycles. The highest BCUT2D eigenvalue weighted by Crippen LogP contribution is 2.23. The molecule has 20 heavy (non-hydrogen) atoms. The molecule has 2 N–H and O–H groups in total. The molecular weight excluding hydrogens is 256 g/mol. The van der Waals surface area contributed by atoms with Gasteiger partial charge in [0, 0.05) is 24.5 Å². The van der Waals surface area contributed by atoms with Crippen LogP contribution in [0.4, 0.5) is 0 Å². The Labute approximate surface area is 117 Å². The Hall–Kier alpha value is -1.85. The van der Waals surface area contributed by atoms with Crippen molar-refractivity contribution in [3.8, 4) is 0 Å². The number of carbonyl (C=O) groups excluding carboxylic acids is 1. The molecule has 0 bridgehead atoms. The number of morpholine rings is 1. The van der Waals surface area contributed by atoms with Gasteiger partial charge in [-0.05, 0) is 13.0 Å². The average molecular weight is 274 g/mol. The van der Waals surface area contributed by atoms with Gasteiger partial charge in [0.1, 0.15) is 11.8 Å². The molecule has 1 aromatic carbocycles. The van der Waals surface area contributed by atoms with Crippen molar-refractivity contribution >= 4 is 16.9 Å². The number of amides is 1. The normalized spacial score (nSPS) is 21.1. The van der Waals surface area contributed by atoms with Crippen LogP contribution in [0.5, 0.6) is 0 Å². The predicted molar refractivity (Wildman–Crippen MR) is 75.5 cm³/mol. The fourth-order valence-corrected chi connectivity index (χ4v) is 2.49. The standard InChI is InChI=1S/C15H18N2O3/c1-10(16)14-8-17(6-7-19-14)15(18)12-9-20-13-5-3-2-4-11(12)13/h2-5,9-10,14H,6-8,16H2,1H3. The van der Waals surface area contributed by atoms with E-state index in [1.165, 1.54) is 6.26 Å². The van der Waals surface area contributed by atoms with Gasteiger partial charge >= 0.3 is 0 Å². The lowest BCUT2D eigenvalue weighted by Crippen LogP contribution is -2.51. The van der Waals surface area contributed by atoms with Crippen molar-refractivity contribution in [3.63, 3.8) is 0 Å². The van der Waals surface area contributed by atoms with E-state index in [-0.39, 0.29) is 18.1 Å². The minimum atomic E-state index is -0.106. The highest BCUT2D eigenvalue weighted by Gasteiger charge is 2.28. The maximum absolute atomic E-state index is 12.6. The van der Waals surface area contributed by atoms with E-state index in [2.05, 4.69) is 0 Å². The summed E-state index contributed by atoms with van der Waals surface area (Å²) in [6, 6.07) is 7.46. The number of rotatable bonds is 2. The molecular formula is C15H18N2O3. The summed E-state index contributed by atoms with van der Waals surface area (Å²) in [5.74, 6) is -0.0242. The second-order valence-electron chi connectivity index (χ2n) is 5.17. The van der Waals surface area contributed by atoms with Crippen molar-refractivity contribution in [2.75, 3.05) is 19.7 Å². The first-order valence-electron chi connectivity index (χ1n) is 6.79. The Balaban J connectivity index is 1.85. The molecule has 0 aliphatic carbocycles. The number of fused-ring (bicyclic) bond motifs is 1. The van der Waals surface area contributed by atoms with Crippen LogP contribution in [0.3, 0.4) is 0 Å². The minimum absolute atomic E-state index is 0.0242. The average Bonchev–Trinajstić information content (AvgIpc) is 2.90.